The smallest absolute Gasteiger partial charge is 0.228 e. The highest BCUT2D eigenvalue weighted by molar-refractivity contribution is 7.17. The molecule has 9 rings (SSSR count). The second kappa shape index (κ2) is 5.94. The SMILES string of the molecule is Cc1c2c(cc3sccc13)Oc1cc(C34CC5CC(CC(C5)C3)C4)cc3cc[n+](C)c-2c13. The highest BCUT2D eigenvalue weighted by Gasteiger charge is 2.52. The molecule has 0 N–H and O–H groups in total. The number of hydrogen-bond donors (Lipinski definition) is 0. The highest BCUT2D eigenvalue weighted by Crippen LogP contribution is 2.61. The van der Waals surface area contributed by atoms with Crippen molar-refractivity contribution in [3.63, 3.8) is 0 Å². The number of aromatic nitrogens is 1. The van der Waals surface area contributed by atoms with Crippen LogP contribution in [-0.2, 0) is 12.5 Å². The van der Waals surface area contributed by atoms with Crippen LogP contribution in [0.25, 0.3) is 32.1 Å². The molecule has 4 bridgehead atoms. The van der Waals surface area contributed by atoms with Gasteiger partial charge in [-0.15, -0.1) is 11.3 Å². The summed E-state index contributed by atoms with van der Waals surface area (Å²) in [6.07, 6.45) is 10.9. The van der Waals surface area contributed by atoms with Gasteiger partial charge in [0.1, 0.15) is 18.5 Å². The zero-order valence-corrected chi connectivity index (χ0v) is 19.6. The zero-order chi connectivity index (χ0) is 21.2. The van der Waals surface area contributed by atoms with E-state index in [9.17, 15) is 0 Å². The first-order chi connectivity index (χ1) is 15.6. The summed E-state index contributed by atoms with van der Waals surface area (Å²) in [4.78, 5) is 0. The van der Waals surface area contributed by atoms with E-state index in [1.54, 1.807) is 5.56 Å². The van der Waals surface area contributed by atoms with Gasteiger partial charge >= 0.3 is 0 Å². The Balaban J connectivity index is 1.39. The van der Waals surface area contributed by atoms with Gasteiger partial charge in [-0.1, -0.05) is 0 Å². The molecule has 4 aromatic rings. The summed E-state index contributed by atoms with van der Waals surface area (Å²) in [5, 5.41) is 6.18. The molecule has 4 fully saturated rings. The van der Waals surface area contributed by atoms with Gasteiger partial charge in [0.25, 0.3) is 0 Å². The Kier molecular flexibility index (Phi) is 3.35. The van der Waals surface area contributed by atoms with Crippen LogP contribution in [0.2, 0.25) is 0 Å². The molecule has 4 saturated carbocycles. The molecule has 0 amide bonds. The van der Waals surface area contributed by atoms with Gasteiger partial charge in [-0.3, -0.25) is 0 Å². The standard InChI is InChI=1S/C29H28NOS/c1-16-22-4-6-32-25(22)12-24-26(16)28-27-20(3-5-30(28)2)10-21(11-23(27)31-24)29-13-17-7-18(14-29)9-19(8-17)15-29/h3-6,10-12,17-19H,7-9,13-15H2,1-2H3/q+1. The van der Waals surface area contributed by atoms with Gasteiger partial charge in [-0.2, -0.15) is 0 Å². The monoisotopic (exact) mass is 438 g/mol. The third-order valence-corrected chi connectivity index (χ3v) is 10.2. The topological polar surface area (TPSA) is 13.1 Å². The summed E-state index contributed by atoms with van der Waals surface area (Å²) in [6, 6.07) is 11.8. The van der Waals surface area contributed by atoms with Crippen molar-refractivity contribution in [2.24, 2.45) is 24.8 Å². The van der Waals surface area contributed by atoms with Gasteiger partial charge in [0.2, 0.25) is 5.69 Å². The molecular formula is C29H28NOS+. The molecule has 0 atom stereocenters. The van der Waals surface area contributed by atoms with Crippen molar-refractivity contribution in [3.05, 3.63) is 53.0 Å². The van der Waals surface area contributed by atoms with Gasteiger partial charge in [-0.05, 0) is 120 Å². The molecule has 0 radical (unpaired) electrons. The summed E-state index contributed by atoms with van der Waals surface area (Å²) in [5.74, 6) is 4.95. The first kappa shape index (κ1) is 18.1. The number of benzene rings is 2. The van der Waals surface area contributed by atoms with E-state index in [1.807, 2.05) is 11.3 Å². The fourth-order valence-corrected chi connectivity index (χ4v) is 9.24. The third-order valence-electron chi connectivity index (χ3n) is 9.29. The average molecular weight is 439 g/mol. The van der Waals surface area contributed by atoms with E-state index in [0.29, 0.717) is 5.41 Å². The lowest BCUT2D eigenvalue weighted by Crippen LogP contribution is -2.48. The Hall–Kier alpha value is -2.39. The molecule has 32 heavy (non-hydrogen) atoms. The molecular weight excluding hydrogens is 410 g/mol. The molecule has 3 heteroatoms. The van der Waals surface area contributed by atoms with Gasteiger partial charge in [0.15, 0.2) is 6.20 Å². The molecule has 1 aliphatic heterocycles. The lowest BCUT2D eigenvalue weighted by Gasteiger charge is -2.57. The van der Waals surface area contributed by atoms with Gasteiger partial charge in [0, 0.05) is 10.8 Å². The normalized spacial score (nSPS) is 29.5. The van der Waals surface area contributed by atoms with E-state index in [2.05, 4.69) is 60.4 Å². The largest absolute Gasteiger partial charge is 0.455 e. The van der Waals surface area contributed by atoms with E-state index in [1.165, 1.54) is 76.2 Å². The van der Waals surface area contributed by atoms with Crippen LogP contribution < -0.4 is 9.30 Å². The average Bonchev–Trinajstić information content (AvgIpc) is 3.23. The molecule has 2 aromatic carbocycles. The first-order valence-electron chi connectivity index (χ1n) is 12.2. The Morgan fingerprint density at radius 3 is 2.47 bits per heavy atom. The molecule has 0 saturated heterocycles. The second-order valence-corrected chi connectivity index (χ2v) is 12.2. The van der Waals surface area contributed by atoms with Crippen LogP contribution in [0, 0.1) is 24.7 Å². The number of ether oxygens (including phenoxy) is 1. The number of pyridine rings is 1. The number of fused-ring (bicyclic) bond motifs is 3. The van der Waals surface area contributed by atoms with Crippen molar-refractivity contribution in [1.82, 2.24) is 0 Å². The minimum atomic E-state index is 0.384. The lowest BCUT2D eigenvalue weighted by atomic mass is 9.48. The highest BCUT2D eigenvalue weighted by atomic mass is 32.1. The summed E-state index contributed by atoms with van der Waals surface area (Å²) in [7, 11) is 2.18. The number of nitrogens with zero attached hydrogens (tertiary/aromatic N) is 1. The van der Waals surface area contributed by atoms with Gasteiger partial charge in [0.05, 0.1) is 10.9 Å². The van der Waals surface area contributed by atoms with Crippen molar-refractivity contribution in [2.45, 2.75) is 50.9 Å². The predicted molar refractivity (Wildman–Crippen MR) is 131 cm³/mol. The van der Waals surface area contributed by atoms with Crippen LogP contribution >= 0.6 is 11.3 Å². The summed E-state index contributed by atoms with van der Waals surface area (Å²) >= 11 is 1.81. The van der Waals surface area contributed by atoms with E-state index in [4.69, 9.17) is 4.74 Å². The molecule has 4 aliphatic carbocycles. The van der Waals surface area contributed by atoms with Crippen LogP contribution in [-0.4, -0.2) is 0 Å². The summed E-state index contributed by atoms with van der Waals surface area (Å²) in [6.45, 7) is 2.25. The van der Waals surface area contributed by atoms with Crippen LogP contribution in [0.3, 0.4) is 0 Å². The maximum absolute atomic E-state index is 6.76. The summed E-state index contributed by atoms with van der Waals surface area (Å²) < 4.78 is 10.4. The summed E-state index contributed by atoms with van der Waals surface area (Å²) in [5.41, 5.74) is 5.84. The van der Waals surface area contributed by atoms with Crippen LogP contribution in [0.4, 0.5) is 0 Å². The molecule has 160 valence electrons. The molecule has 0 spiro atoms. The van der Waals surface area contributed by atoms with Crippen molar-refractivity contribution in [2.75, 3.05) is 0 Å². The second-order valence-electron chi connectivity index (χ2n) is 11.2. The van der Waals surface area contributed by atoms with E-state index >= 15 is 0 Å². The molecule has 2 nitrogen and oxygen atoms in total. The molecule has 3 heterocycles. The minimum Gasteiger partial charge on any atom is -0.455 e. The van der Waals surface area contributed by atoms with E-state index in [0.717, 1.165) is 29.3 Å². The number of rotatable bonds is 1. The maximum Gasteiger partial charge on any atom is 0.228 e. The van der Waals surface area contributed by atoms with Gasteiger partial charge in [-0.25, -0.2) is 4.57 Å². The van der Waals surface area contributed by atoms with Crippen LogP contribution in [0.15, 0.2) is 41.9 Å². The maximum atomic E-state index is 6.76. The van der Waals surface area contributed by atoms with Gasteiger partial charge < -0.3 is 4.74 Å². The van der Waals surface area contributed by atoms with Crippen molar-refractivity contribution in [1.29, 1.82) is 0 Å². The first-order valence-corrected chi connectivity index (χ1v) is 13.1. The number of hydrogen-bond acceptors (Lipinski definition) is 2. The Morgan fingerprint density at radius 1 is 0.969 bits per heavy atom. The van der Waals surface area contributed by atoms with E-state index < -0.39 is 0 Å². The molecule has 2 aromatic heterocycles. The number of thiophene rings is 1. The van der Waals surface area contributed by atoms with Crippen molar-refractivity contribution >= 4 is 32.2 Å². The molecule has 0 unspecified atom stereocenters. The Bertz CT molecular complexity index is 1430. The van der Waals surface area contributed by atoms with Crippen molar-refractivity contribution in [3.8, 4) is 22.8 Å². The van der Waals surface area contributed by atoms with Crippen LogP contribution in [0.1, 0.15) is 49.7 Å². The fraction of sp³-hybridized carbons (Fsp3) is 0.414. The molecule has 5 aliphatic rings. The Labute approximate surface area is 192 Å². The fourth-order valence-electron chi connectivity index (χ4n) is 8.36. The van der Waals surface area contributed by atoms with Crippen LogP contribution in [0.5, 0.6) is 11.5 Å². The lowest BCUT2D eigenvalue weighted by molar-refractivity contribution is -0.659. The van der Waals surface area contributed by atoms with E-state index in [-0.39, 0.29) is 0 Å². The van der Waals surface area contributed by atoms with Crippen molar-refractivity contribution < 1.29 is 9.30 Å². The zero-order valence-electron chi connectivity index (χ0n) is 18.8. The minimum absolute atomic E-state index is 0.384. The Morgan fingerprint density at radius 2 is 1.72 bits per heavy atom. The third kappa shape index (κ3) is 2.23. The number of aryl methyl sites for hydroxylation is 2. The quantitative estimate of drug-likeness (QED) is 0.248. The predicted octanol–water partition coefficient (Wildman–Crippen LogP) is 7.43.